The van der Waals surface area contributed by atoms with Crippen LogP contribution in [0.3, 0.4) is 0 Å². The maximum Gasteiger partial charge on any atom is 0.435 e. The highest BCUT2D eigenvalue weighted by Gasteiger charge is 2.42. The van der Waals surface area contributed by atoms with E-state index in [4.69, 9.17) is 4.74 Å². The summed E-state index contributed by atoms with van der Waals surface area (Å²) >= 11 is 6.19. The normalized spacial score (nSPS) is 15.0. The highest BCUT2D eigenvalue weighted by atomic mass is 79.9. The van der Waals surface area contributed by atoms with Gasteiger partial charge in [-0.25, -0.2) is 0 Å². The number of rotatable bonds is 4. The van der Waals surface area contributed by atoms with Crippen LogP contribution < -0.4 is 0 Å². The maximum atomic E-state index is 13.0. The van der Waals surface area contributed by atoms with Crippen LogP contribution in [0.25, 0.3) is 0 Å². The van der Waals surface area contributed by atoms with E-state index in [1.54, 1.807) is 6.92 Å². The van der Waals surface area contributed by atoms with E-state index >= 15 is 0 Å². The van der Waals surface area contributed by atoms with Crippen molar-refractivity contribution in [3.05, 3.63) is 17.0 Å². The first-order chi connectivity index (χ1) is 9.11. The predicted molar refractivity (Wildman–Crippen MR) is 74.0 cm³/mol. The number of alkyl halides is 5. The Labute approximate surface area is 130 Å². The molecule has 0 saturated heterocycles. The van der Waals surface area contributed by atoms with E-state index in [1.807, 2.05) is 0 Å². The smallest absolute Gasteiger partial charge is 0.435 e. The molecule has 1 rings (SSSR count). The van der Waals surface area contributed by atoms with Crippen molar-refractivity contribution in [3.63, 3.8) is 0 Å². The van der Waals surface area contributed by atoms with Crippen LogP contribution in [-0.2, 0) is 22.8 Å². The quantitative estimate of drug-likeness (QED) is 0.552. The molecule has 0 spiro atoms. The minimum Gasteiger partial charge on any atom is -0.465 e. The third-order valence-corrected chi connectivity index (χ3v) is 5.29. The summed E-state index contributed by atoms with van der Waals surface area (Å²) in [5, 5.41) is 3.48. The van der Waals surface area contributed by atoms with Crippen molar-refractivity contribution in [2.24, 2.45) is 7.05 Å². The Morgan fingerprint density at radius 1 is 1.45 bits per heavy atom. The largest absolute Gasteiger partial charge is 0.465 e. The first kappa shape index (κ1) is 17.5. The van der Waals surface area contributed by atoms with Crippen LogP contribution in [-0.4, -0.2) is 27.2 Å². The van der Waals surface area contributed by atoms with Gasteiger partial charge in [-0.2, -0.15) is 18.3 Å². The fourth-order valence-electron chi connectivity index (χ4n) is 1.65. The molecule has 114 valence electrons. The number of ether oxygens (including phenoxy) is 1. The summed E-state index contributed by atoms with van der Waals surface area (Å²) in [7, 11) is 1.42. The zero-order valence-electron chi connectivity index (χ0n) is 11.0. The molecule has 2 unspecified atom stereocenters. The van der Waals surface area contributed by atoms with Gasteiger partial charge in [0, 0.05) is 18.3 Å². The molecule has 0 amide bonds. The van der Waals surface area contributed by atoms with Crippen molar-refractivity contribution in [2.45, 2.75) is 29.7 Å². The SMILES string of the molecule is CCOC(=O)C(Br)C(Br)c1c(C(F)(F)F)nn(C)c1C. The number of hydrogen-bond acceptors (Lipinski definition) is 3. The average molecular weight is 422 g/mol. The summed E-state index contributed by atoms with van der Waals surface area (Å²) in [4.78, 5) is 9.79. The predicted octanol–water partition coefficient (Wildman–Crippen LogP) is 3.51. The lowest BCUT2D eigenvalue weighted by molar-refractivity contribution is -0.144. The van der Waals surface area contributed by atoms with Crippen LogP contribution in [0.5, 0.6) is 0 Å². The Morgan fingerprint density at radius 2 is 2.00 bits per heavy atom. The minimum atomic E-state index is -4.59. The highest BCUT2D eigenvalue weighted by Crippen LogP contribution is 2.41. The number of hydrogen-bond donors (Lipinski definition) is 0. The van der Waals surface area contributed by atoms with Crippen LogP contribution in [0.15, 0.2) is 0 Å². The molecule has 0 aliphatic rings. The third-order valence-electron chi connectivity index (χ3n) is 2.69. The molecule has 9 heteroatoms. The van der Waals surface area contributed by atoms with Crippen molar-refractivity contribution in [1.82, 2.24) is 9.78 Å². The zero-order chi connectivity index (χ0) is 15.7. The second kappa shape index (κ2) is 6.46. The van der Waals surface area contributed by atoms with E-state index < -0.39 is 27.5 Å². The topological polar surface area (TPSA) is 44.1 Å². The Morgan fingerprint density at radius 3 is 2.45 bits per heavy atom. The molecule has 0 bridgehead atoms. The number of aryl methyl sites for hydroxylation is 1. The number of halogens is 5. The van der Waals surface area contributed by atoms with Gasteiger partial charge in [-0.15, -0.1) is 0 Å². The Bertz CT molecular complexity index is 503. The molecular formula is C11H13Br2F3N2O2. The van der Waals surface area contributed by atoms with Gasteiger partial charge in [-0.3, -0.25) is 9.48 Å². The molecule has 0 aliphatic heterocycles. The van der Waals surface area contributed by atoms with Crippen molar-refractivity contribution in [3.8, 4) is 0 Å². The Hall–Kier alpha value is -0.570. The van der Waals surface area contributed by atoms with Gasteiger partial charge in [0.15, 0.2) is 5.69 Å². The molecule has 2 atom stereocenters. The van der Waals surface area contributed by atoms with Crippen LogP contribution in [0, 0.1) is 6.92 Å². The average Bonchev–Trinajstić information content (AvgIpc) is 2.64. The van der Waals surface area contributed by atoms with E-state index in [0.717, 1.165) is 4.68 Å². The third kappa shape index (κ3) is 3.55. The molecule has 0 saturated carbocycles. The summed E-state index contributed by atoms with van der Waals surface area (Å²) in [6, 6.07) is 0. The van der Waals surface area contributed by atoms with Crippen LogP contribution in [0.2, 0.25) is 0 Å². The lowest BCUT2D eigenvalue weighted by atomic mass is 10.1. The lowest BCUT2D eigenvalue weighted by Gasteiger charge is -2.17. The summed E-state index contributed by atoms with van der Waals surface area (Å²) < 4.78 is 44.9. The summed E-state index contributed by atoms with van der Waals surface area (Å²) in [6.07, 6.45) is -4.59. The molecule has 0 aliphatic carbocycles. The molecule has 0 N–H and O–H groups in total. The number of carbonyl (C=O) groups excluding carboxylic acids is 1. The first-order valence-electron chi connectivity index (χ1n) is 5.66. The summed E-state index contributed by atoms with van der Waals surface area (Å²) in [5.41, 5.74) is -0.754. The monoisotopic (exact) mass is 420 g/mol. The van der Waals surface area contributed by atoms with E-state index in [-0.39, 0.29) is 12.2 Å². The lowest BCUT2D eigenvalue weighted by Crippen LogP contribution is -2.23. The second-order valence-electron chi connectivity index (χ2n) is 4.02. The highest BCUT2D eigenvalue weighted by molar-refractivity contribution is 9.12. The van der Waals surface area contributed by atoms with Crippen molar-refractivity contribution < 1.29 is 22.7 Å². The first-order valence-corrected chi connectivity index (χ1v) is 7.49. The molecule has 0 aromatic carbocycles. The number of aromatic nitrogens is 2. The van der Waals surface area contributed by atoms with Gasteiger partial charge >= 0.3 is 12.1 Å². The fourth-order valence-corrected chi connectivity index (χ4v) is 2.81. The van der Waals surface area contributed by atoms with E-state index in [1.165, 1.54) is 14.0 Å². The zero-order valence-corrected chi connectivity index (χ0v) is 14.1. The molecule has 4 nitrogen and oxygen atoms in total. The van der Waals surface area contributed by atoms with Gasteiger partial charge in [0.2, 0.25) is 0 Å². The van der Waals surface area contributed by atoms with Crippen molar-refractivity contribution >= 4 is 37.8 Å². The molecule has 1 aromatic heterocycles. The van der Waals surface area contributed by atoms with Gasteiger partial charge in [0.25, 0.3) is 0 Å². The standard InChI is InChI=1S/C11H13Br2F3N2O2/c1-4-20-10(19)8(13)7(12)6-5(2)18(3)17-9(6)11(14,15)16/h7-8H,4H2,1-3H3. The van der Waals surface area contributed by atoms with Gasteiger partial charge in [-0.05, 0) is 13.8 Å². The fraction of sp³-hybridized carbons (Fsp3) is 0.636. The molecule has 0 fully saturated rings. The second-order valence-corrected chi connectivity index (χ2v) is 6.00. The van der Waals surface area contributed by atoms with Gasteiger partial charge in [0.05, 0.1) is 11.4 Å². The van der Waals surface area contributed by atoms with Crippen LogP contribution in [0.4, 0.5) is 13.2 Å². The number of nitrogens with zero attached hydrogens (tertiary/aromatic N) is 2. The van der Waals surface area contributed by atoms with Crippen LogP contribution >= 0.6 is 31.9 Å². The van der Waals surface area contributed by atoms with E-state index in [2.05, 4.69) is 37.0 Å². The van der Waals surface area contributed by atoms with E-state index in [0.29, 0.717) is 5.69 Å². The summed E-state index contributed by atoms with van der Waals surface area (Å²) in [6.45, 7) is 3.28. The summed E-state index contributed by atoms with van der Waals surface area (Å²) in [5.74, 6) is -0.634. The molecular weight excluding hydrogens is 409 g/mol. The molecule has 1 aromatic rings. The molecule has 1 heterocycles. The van der Waals surface area contributed by atoms with Crippen molar-refractivity contribution in [1.29, 1.82) is 0 Å². The van der Waals surface area contributed by atoms with Gasteiger partial charge < -0.3 is 4.74 Å². The molecule has 20 heavy (non-hydrogen) atoms. The Balaban J connectivity index is 3.22. The number of esters is 1. The van der Waals surface area contributed by atoms with Gasteiger partial charge in [-0.1, -0.05) is 31.9 Å². The van der Waals surface area contributed by atoms with Crippen LogP contribution in [0.1, 0.15) is 28.7 Å². The maximum absolute atomic E-state index is 13.0. The van der Waals surface area contributed by atoms with E-state index in [9.17, 15) is 18.0 Å². The Kier molecular flexibility index (Phi) is 5.65. The minimum absolute atomic E-state index is 0.0741. The molecule has 0 radical (unpaired) electrons. The van der Waals surface area contributed by atoms with Gasteiger partial charge in [0.1, 0.15) is 4.83 Å². The van der Waals surface area contributed by atoms with Crippen molar-refractivity contribution in [2.75, 3.05) is 6.61 Å². The number of carbonyl (C=O) groups is 1.